The van der Waals surface area contributed by atoms with Crippen molar-refractivity contribution in [3.8, 4) is 0 Å². The van der Waals surface area contributed by atoms with E-state index in [9.17, 15) is 0 Å². The molecule has 9 heavy (non-hydrogen) atoms. The number of rotatable bonds is 0. The molecular formula is H14ClO7Tb. The molecule has 0 aromatic carbocycles. The molecule has 0 aliphatic rings. The average Bonchev–Trinajstić information content (AvgIpc) is 1.00. The summed E-state index contributed by atoms with van der Waals surface area (Å²) in [5.74, 6) is 0. The monoisotopic (exact) mass is 320 g/mol. The molecule has 0 aliphatic carbocycles. The van der Waals surface area contributed by atoms with Crippen molar-refractivity contribution < 1.29 is 73.4 Å². The first-order chi connectivity index (χ1) is 1.00. The van der Waals surface area contributed by atoms with Gasteiger partial charge in [-0.1, -0.05) is 0 Å². The van der Waals surface area contributed by atoms with Gasteiger partial charge in [0.2, 0.25) is 0 Å². The Labute approximate surface area is 79.1 Å². The molecule has 72 valence electrons. The Balaban J connectivity index is -0.000000000238. The van der Waals surface area contributed by atoms with Crippen LogP contribution in [0.2, 0.25) is 0 Å². The normalized spacial score (nSPS) is 0.778. The van der Waals surface area contributed by atoms with Gasteiger partial charge in [-0.3, -0.25) is 0 Å². The summed E-state index contributed by atoms with van der Waals surface area (Å²) in [5, 5.41) is 0. The molecule has 14 N–H and O–H groups in total. The maximum absolute atomic E-state index is 4.64. The van der Waals surface area contributed by atoms with E-state index in [0.29, 0.717) is 0 Å². The third-order valence-corrected chi connectivity index (χ3v) is 0. The molecule has 0 atom stereocenters. The molecule has 0 rings (SSSR count). The molecule has 0 aromatic heterocycles. The Bertz CT molecular complexity index is 8.88. The van der Waals surface area contributed by atoms with Gasteiger partial charge in [0.05, 0.1) is 0 Å². The summed E-state index contributed by atoms with van der Waals surface area (Å²) >= 11 is 1.47. The molecule has 9 heteroatoms. The van der Waals surface area contributed by atoms with Gasteiger partial charge in [0.1, 0.15) is 0 Å². The van der Waals surface area contributed by atoms with E-state index in [1.807, 2.05) is 0 Å². The first kappa shape index (κ1) is 169. The Morgan fingerprint density at radius 3 is 0.444 bits per heavy atom. The maximum atomic E-state index is 4.64. The quantitative estimate of drug-likeness (QED) is 0.408. The van der Waals surface area contributed by atoms with Crippen LogP contribution in [0, 0.1) is 35.1 Å². The van der Waals surface area contributed by atoms with Crippen LogP contribution >= 0.6 is 6.22 Å². The van der Waals surface area contributed by atoms with Crippen LogP contribution in [-0.4, -0.2) is 38.3 Å². The molecule has 0 fully saturated rings. The van der Waals surface area contributed by atoms with E-state index in [0.717, 1.165) is 0 Å². The molecule has 0 radical (unpaired) electrons. The molecule has 0 bridgehead atoms. The van der Waals surface area contributed by atoms with E-state index in [4.69, 9.17) is 0 Å². The van der Waals surface area contributed by atoms with Gasteiger partial charge in [0, 0.05) is 0 Å². The molecule has 0 heterocycles. The van der Waals surface area contributed by atoms with Crippen molar-refractivity contribution in [2.75, 3.05) is 0 Å². The average molecular weight is 320 g/mol. The SMILES string of the molecule is O.O.O.O.O.O.O.[Cl][Tb]. The van der Waals surface area contributed by atoms with Crippen LogP contribution in [0.25, 0.3) is 0 Å². The molecule has 0 amide bonds. The zero-order valence-corrected chi connectivity index (χ0v) is 7.11. The molecule has 0 aromatic rings. The van der Waals surface area contributed by atoms with Gasteiger partial charge < -0.3 is 38.3 Å². The van der Waals surface area contributed by atoms with Gasteiger partial charge >= 0.3 is 41.3 Å². The summed E-state index contributed by atoms with van der Waals surface area (Å²) in [6, 6.07) is 0. The molecule has 0 aliphatic heterocycles. The molecular weight excluding hydrogens is 306 g/mol. The minimum atomic E-state index is 0. The van der Waals surface area contributed by atoms with Crippen molar-refractivity contribution in [1.29, 1.82) is 0 Å². The van der Waals surface area contributed by atoms with E-state index in [-0.39, 0.29) is 38.3 Å². The molecule has 7 nitrogen and oxygen atoms in total. The third-order valence-electron chi connectivity index (χ3n) is 0. The molecule has 0 unspecified atom stereocenters. The van der Waals surface area contributed by atoms with E-state index in [2.05, 4.69) is 6.22 Å². The Morgan fingerprint density at radius 1 is 0.444 bits per heavy atom. The van der Waals surface area contributed by atoms with Crippen molar-refractivity contribution in [1.82, 2.24) is 0 Å². The standard InChI is InChI=1S/ClH.7H2O.Tb/h1H;7*1H2;/q;;;;;;;;+1/p-1. The number of hydrogen-bond donors (Lipinski definition) is 0. The fraction of sp³-hybridized carbons (Fsp3) is 0. The minimum absolute atomic E-state index is 0. The predicted molar refractivity (Wildman–Crippen MR) is 31.1 cm³/mol. The second kappa shape index (κ2) is 381. The molecule has 0 saturated heterocycles. The van der Waals surface area contributed by atoms with Gasteiger partial charge in [-0.2, -0.15) is 0 Å². The van der Waals surface area contributed by atoms with Gasteiger partial charge in [0.25, 0.3) is 0 Å². The summed E-state index contributed by atoms with van der Waals surface area (Å²) in [4.78, 5) is 0. The van der Waals surface area contributed by atoms with Crippen LogP contribution < -0.4 is 0 Å². The van der Waals surface area contributed by atoms with Crippen molar-refractivity contribution in [2.24, 2.45) is 0 Å². The van der Waals surface area contributed by atoms with Crippen LogP contribution in [0.5, 0.6) is 0 Å². The van der Waals surface area contributed by atoms with E-state index >= 15 is 0 Å². The van der Waals surface area contributed by atoms with Crippen molar-refractivity contribution in [2.45, 2.75) is 0 Å². The molecule has 0 saturated carbocycles. The Hall–Kier alpha value is 1.30. The molecule has 0 spiro atoms. The Kier molecular flexibility index (Phi) is 7150. The van der Waals surface area contributed by atoms with Crippen molar-refractivity contribution in [3.05, 3.63) is 0 Å². The van der Waals surface area contributed by atoms with Gasteiger partial charge in [-0.15, -0.1) is 0 Å². The van der Waals surface area contributed by atoms with E-state index < -0.39 is 0 Å². The van der Waals surface area contributed by atoms with Crippen molar-refractivity contribution >= 4 is 6.22 Å². The number of hydrogen-bond acceptors (Lipinski definition) is 0. The van der Waals surface area contributed by atoms with E-state index in [1.54, 1.807) is 0 Å². The second-order valence-corrected chi connectivity index (χ2v) is 0. The number of halogens is 1. The van der Waals surface area contributed by atoms with Gasteiger partial charge in [-0.05, 0) is 0 Å². The fourth-order valence-electron chi connectivity index (χ4n) is 0. The first-order valence-corrected chi connectivity index (χ1v) is 2.80. The van der Waals surface area contributed by atoms with Crippen LogP contribution in [-0.2, 0) is 0 Å². The van der Waals surface area contributed by atoms with Gasteiger partial charge in [-0.25, -0.2) is 0 Å². The Morgan fingerprint density at radius 2 is 0.444 bits per heavy atom. The van der Waals surface area contributed by atoms with Crippen LogP contribution in [0.4, 0.5) is 0 Å². The van der Waals surface area contributed by atoms with Gasteiger partial charge in [0.15, 0.2) is 0 Å². The third kappa shape index (κ3) is 295. The summed E-state index contributed by atoms with van der Waals surface area (Å²) in [7, 11) is 0. The van der Waals surface area contributed by atoms with Crippen molar-refractivity contribution in [3.63, 3.8) is 0 Å². The zero-order chi connectivity index (χ0) is 2.00. The summed E-state index contributed by atoms with van der Waals surface area (Å²) in [5.41, 5.74) is 0. The summed E-state index contributed by atoms with van der Waals surface area (Å²) in [6.45, 7) is 0. The van der Waals surface area contributed by atoms with Crippen LogP contribution in [0.3, 0.4) is 0 Å². The summed E-state index contributed by atoms with van der Waals surface area (Å²) in [6.07, 6.45) is 4.64. The first-order valence-electron chi connectivity index (χ1n) is 0.126. The predicted octanol–water partition coefficient (Wildman–Crippen LogP) is -5.08. The zero-order valence-electron chi connectivity index (χ0n) is 4.21. The fourth-order valence-corrected chi connectivity index (χ4v) is 0. The van der Waals surface area contributed by atoms with E-state index in [1.165, 1.54) is 35.1 Å². The summed E-state index contributed by atoms with van der Waals surface area (Å²) < 4.78 is 0. The van der Waals surface area contributed by atoms with Crippen LogP contribution in [0.1, 0.15) is 0 Å². The topological polar surface area (TPSA) is 220 Å². The second-order valence-electron chi connectivity index (χ2n) is 0. The van der Waals surface area contributed by atoms with Crippen LogP contribution in [0.15, 0.2) is 0 Å².